The monoisotopic (exact) mass is 243 g/mol. The average Bonchev–Trinajstić information content (AvgIpc) is 2.30. The molecule has 0 aliphatic carbocycles. The fourth-order valence-corrected chi connectivity index (χ4v) is 1.61. The maximum Gasteiger partial charge on any atom is 0.227 e. The van der Waals surface area contributed by atoms with Gasteiger partial charge in [-0.2, -0.15) is 0 Å². The van der Waals surface area contributed by atoms with Gasteiger partial charge in [0.25, 0.3) is 0 Å². The number of benzene rings is 1. The summed E-state index contributed by atoms with van der Waals surface area (Å²) in [6.45, 7) is 2.47. The van der Waals surface area contributed by atoms with E-state index in [1.165, 1.54) is 12.1 Å². The summed E-state index contributed by atoms with van der Waals surface area (Å²) in [6, 6.07) is 5.93. The van der Waals surface area contributed by atoms with E-state index in [1.807, 2.05) is 6.92 Å². The molecule has 1 aromatic rings. The lowest BCUT2D eigenvalue weighted by Gasteiger charge is -2.20. The SMILES string of the molecule is CCN(C(=O)CCCCl)c1ccc(F)cc1. The number of halogens is 2. The Labute approximate surface area is 100 Å². The van der Waals surface area contributed by atoms with Gasteiger partial charge in [-0.1, -0.05) is 0 Å². The van der Waals surface area contributed by atoms with E-state index in [2.05, 4.69) is 0 Å². The third kappa shape index (κ3) is 3.49. The van der Waals surface area contributed by atoms with E-state index in [0.29, 0.717) is 25.3 Å². The van der Waals surface area contributed by atoms with Crippen LogP contribution < -0.4 is 4.90 Å². The van der Waals surface area contributed by atoms with Crippen LogP contribution in [0.1, 0.15) is 19.8 Å². The Kier molecular flexibility index (Phi) is 5.26. The van der Waals surface area contributed by atoms with Gasteiger partial charge in [-0.05, 0) is 37.6 Å². The second-order valence-corrected chi connectivity index (χ2v) is 3.78. The van der Waals surface area contributed by atoms with E-state index in [1.54, 1.807) is 17.0 Å². The third-order valence-electron chi connectivity index (χ3n) is 2.28. The van der Waals surface area contributed by atoms with Crippen molar-refractivity contribution >= 4 is 23.2 Å². The number of nitrogens with zero attached hydrogens (tertiary/aromatic N) is 1. The van der Waals surface area contributed by atoms with Crippen LogP contribution in [0.3, 0.4) is 0 Å². The van der Waals surface area contributed by atoms with Gasteiger partial charge in [0, 0.05) is 24.5 Å². The number of hydrogen-bond donors (Lipinski definition) is 0. The summed E-state index contributed by atoms with van der Waals surface area (Å²) in [4.78, 5) is 13.4. The van der Waals surface area contributed by atoms with Crippen LogP contribution in [-0.4, -0.2) is 18.3 Å². The molecular formula is C12H15ClFNO. The second-order valence-electron chi connectivity index (χ2n) is 3.41. The van der Waals surface area contributed by atoms with E-state index in [4.69, 9.17) is 11.6 Å². The summed E-state index contributed by atoms with van der Waals surface area (Å²) in [6.07, 6.45) is 1.09. The van der Waals surface area contributed by atoms with Crippen molar-refractivity contribution < 1.29 is 9.18 Å². The number of carbonyl (C=O) groups excluding carboxylic acids is 1. The lowest BCUT2D eigenvalue weighted by atomic mass is 10.2. The number of carbonyl (C=O) groups is 1. The standard InChI is InChI=1S/C12H15ClFNO/c1-2-15(12(16)4-3-9-13)11-7-5-10(14)6-8-11/h5-8H,2-4,9H2,1H3. The lowest BCUT2D eigenvalue weighted by Crippen LogP contribution is -2.30. The van der Waals surface area contributed by atoms with E-state index in [9.17, 15) is 9.18 Å². The van der Waals surface area contributed by atoms with Crippen LogP contribution in [0, 0.1) is 5.82 Å². The zero-order valence-corrected chi connectivity index (χ0v) is 10.0. The molecule has 0 saturated carbocycles. The van der Waals surface area contributed by atoms with E-state index in [-0.39, 0.29) is 11.7 Å². The third-order valence-corrected chi connectivity index (χ3v) is 2.55. The van der Waals surface area contributed by atoms with Crippen molar-refractivity contribution in [3.8, 4) is 0 Å². The van der Waals surface area contributed by atoms with E-state index >= 15 is 0 Å². The van der Waals surface area contributed by atoms with E-state index < -0.39 is 0 Å². The van der Waals surface area contributed by atoms with Crippen molar-refractivity contribution in [3.63, 3.8) is 0 Å². The molecule has 0 fully saturated rings. The Morgan fingerprint density at radius 1 is 1.38 bits per heavy atom. The Morgan fingerprint density at radius 2 is 2.00 bits per heavy atom. The van der Waals surface area contributed by atoms with Crippen LogP contribution in [0.15, 0.2) is 24.3 Å². The molecule has 0 saturated heterocycles. The summed E-state index contributed by atoms with van der Waals surface area (Å²) in [5, 5.41) is 0. The molecule has 0 bridgehead atoms. The quantitative estimate of drug-likeness (QED) is 0.728. The molecule has 1 amide bonds. The van der Waals surface area contributed by atoms with Gasteiger partial charge in [-0.3, -0.25) is 4.79 Å². The van der Waals surface area contributed by atoms with Crippen molar-refractivity contribution in [2.24, 2.45) is 0 Å². The molecule has 2 nitrogen and oxygen atoms in total. The Balaban J connectivity index is 2.73. The van der Waals surface area contributed by atoms with Crippen LogP contribution >= 0.6 is 11.6 Å². The van der Waals surface area contributed by atoms with Gasteiger partial charge in [-0.15, -0.1) is 11.6 Å². The fraction of sp³-hybridized carbons (Fsp3) is 0.417. The Morgan fingerprint density at radius 3 is 2.50 bits per heavy atom. The predicted molar refractivity (Wildman–Crippen MR) is 64.4 cm³/mol. The van der Waals surface area contributed by atoms with Crippen molar-refractivity contribution in [2.75, 3.05) is 17.3 Å². The molecule has 0 atom stereocenters. The van der Waals surface area contributed by atoms with Crippen molar-refractivity contribution in [1.82, 2.24) is 0 Å². The number of rotatable bonds is 5. The smallest absolute Gasteiger partial charge is 0.227 e. The number of anilines is 1. The molecule has 0 radical (unpaired) electrons. The lowest BCUT2D eigenvalue weighted by molar-refractivity contribution is -0.118. The van der Waals surface area contributed by atoms with Crippen LogP contribution in [0.5, 0.6) is 0 Å². The number of alkyl halides is 1. The molecule has 1 rings (SSSR count). The highest BCUT2D eigenvalue weighted by atomic mass is 35.5. The highest BCUT2D eigenvalue weighted by Crippen LogP contribution is 2.16. The Hall–Kier alpha value is -1.09. The van der Waals surface area contributed by atoms with E-state index in [0.717, 1.165) is 5.69 Å². The van der Waals surface area contributed by atoms with Gasteiger partial charge in [0.15, 0.2) is 0 Å². The van der Waals surface area contributed by atoms with Crippen LogP contribution in [-0.2, 0) is 4.79 Å². The zero-order valence-electron chi connectivity index (χ0n) is 9.25. The molecule has 0 aliphatic heterocycles. The maximum absolute atomic E-state index is 12.7. The maximum atomic E-state index is 12.7. The molecule has 88 valence electrons. The summed E-state index contributed by atoms with van der Waals surface area (Å²) >= 11 is 5.54. The molecular weight excluding hydrogens is 229 g/mol. The first-order valence-corrected chi connectivity index (χ1v) is 5.84. The minimum atomic E-state index is -0.298. The Bertz CT molecular complexity index is 339. The fourth-order valence-electron chi connectivity index (χ4n) is 1.48. The number of amides is 1. The first kappa shape index (κ1) is 13.0. The predicted octanol–water partition coefficient (Wildman–Crippen LogP) is 3.20. The molecule has 16 heavy (non-hydrogen) atoms. The largest absolute Gasteiger partial charge is 0.313 e. The minimum Gasteiger partial charge on any atom is -0.313 e. The molecule has 0 aromatic heterocycles. The van der Waals surface area contributed by atoms with Crippen LogP contribution in [0.2, 0.25) is 0 Å². The molecule has 4 heteroatoms. The molecule has 0 N–H and O–H groups in total. The molecule has 0 heterocycles. The minimum absolute atomic E-state index is 0.0229. The van der Waals surface area contributed by atoms with Gasteiger partial charge in [0.1, 0.15) is 5.82 Å². The van der Waals surface area contributed by atoms with Crippen LogP contribution in [0.25, 0.3) is 0 Å². The first-order valence-electron chi connectivity index (χ1n) is 5.31. The van der Waals surface area contributed by atoms with Crippen molar-refractivity contribution in [1.29, 1.82) is 0 Å². The van der Waals surface area contributed by atoms with Crippen LogP contribution in [0.4, 0.5) is 10.1 Å². The summed E-state index contributed by atoms with van der Waals surface area (Å²) in [5.74, 6) is 0.204. The average molecular weight is 244 g/mol. The zero-order chi connectivity index (χ0) is 12.0. The van der Waals surface area contributed by atoms with Gasteiger partial charge in [-0.25, -0.2) is 4.39 Å². The summed E-state index contributed by atoms with van der Waals surface area (Å²) in [7, 11) is 0. The van der Waals surface area contributed by atoms with Gasteiger partial charge < -0.3 is 4.90 Å². The van der Waals surface area contributed by atoms with Crippen molar-refractivity contribution in [3.05, 3.63) is 30.1 Å². The molecule has 0 spiro atoms. The second kappa shape index (κ2) is 6.48. The first-order chi connectivity index (χ1) is 7.69. The molecule has 0 unspecified atom stereocenters. The summed E-state index contributed by atoms with van der Waals surface area (Å²) in [5.41, 5.74) is 0.725. The normalized spacial score (nSPS) is 10.2. The van der Waals surface area contributed by atoms with Gasteiger partial charge in [0.2, 0.25) is 5.91 Å². The van der Waals surface area contributed by atoms with Crippen molar-refractivity contribution in [2.45, 2.75) is 19.8 Å². The summed E-state index contributed by atoms with van der Waals surface area (Å²) < 4.78 is 12.7. The van der Waals surface area contributed by atoms with Gasteiger partial charge >= 0.3 is 0 Å². The highest BCUT2D eigenvalue weighted by molar-refractivity contribution is 6.18. The highest BCUT2D eigenvalue weighted by Gasteiger charge is 2.12. The number of hydrogen-bond acceptors (Lipinski definition) is 1. The van der Waals surface area contributed by atoms with Gasteiger partial charge in [0.05, 0.1) is 0 Å². The molecule has 1 aromatic carbocycles. The molecule has 0 aliphatic rings. The topological polar surface area (TPSA) is 20.3 Å².